The number of nitro groups is 1. The van der Waals surface area contributed by atoms with Crippen molar-refractivity contribution in [1.82, 2.24) is 0 Å². The standard InChI is InChI=1S/C8H8N2O4S/c1-2-15(13,14)9-7-3-5-8(6-4-7)10(11)12/h2-6,9H,1H2. The molecular weight excluding hydrogens is 220 g/mol. The molecule has 0 aliphatic heterocycles. The third kappa shape index (κ3) is 3.06. The predicted octanol–water partition coefficient (Wildman–Crippen LogP) is 1.48. The average molecular weight is 228 g/mol. The van der Waals surface area contributed by atoms with E-state index < -0.39 is 14.9 Å². The minimum Gasteiger partial charge on any atom is -0.280 e. The van der Waals surface area contributed by atoms with Gasteiger partial charge >= 0.3 is 0 Å². The highest BCUT2D eigenvalue weighted by molar-refractivity contribution is 7.95. The predicted molar refractivity (Wildman–Crippen MR) is 55.8 cm³/mol. The number of non-ortho nitro benzene ring substituents is 1. The number of hydrogen-bond acceptors (Lipinski definition) is 4. The number of anilines is 1. The molecule has 0 atom stereocenters. The van der Waals surface area contributed by atoms with Crippen LogP contribution in [0.25, 0.3) is 0 Å². The summed E-state index contributed by atoms with van der Waals surface area (Å²) in [5, 5.41) is 11.1. The molecule has 1 rings (SSSR count). The summed E-state index contributed by atoms with van der Waals surface area (Å²) in [6.07, 6.45) is 0. The monoisotopic (exact) mass is 228 g/mol. The van der Waals surface area contributed by atoms with E-state index >= 15 is 0 Å². The van der Waals surface area contributed by atoms with Gasteiger partial charge in [0.05, 0.1) is 4.92 Å². The first-order valence-electron chi connectivity index (χ1n) is 3.84. The van der Waals surface area contributed by atoms with Crippen LogP contribution in [-0.4, -0.2) is 13.3 Å². The van der Waals surface area contributed by atoms with E-state index in [-0.39, 0.29) is 11.4 Å². The van der Waals surface area contributed by atoms with Crippen LogP contribution in [0.1, 0.15) is 0 Å². The molecule has 0 bridgehead atoms. The Morgan fingerprint density at radius 3 is 2.27 bits per heavy atom. The van der Waals surface area contributed by atoms with Crippen molar-refractivity contribution in [3.05, 3.63) is 46.4 Å². The van der Waals surface area contributed by atoms with E-state index in [1.54, 1.807) is 0 Å². The molecule has 0 aliphatic rings. The molecule has 0 amide bonds. The van der Waals surface area contributed by atoms with Crippen LogP contribution in [0.4, 0.5) is 11.4 Å². The lowest BCUT2D eigenvalue weighted by Gasteiger charge is -2.02. The molecule has 1 aromatic rings. The quantitative estimate of drug-likeness (QED) is 0.624. The fourth-order valence-electron chi connectivity index (χ4n) is 0.857. The van der Waals surface area contributed by atoms with Gasteiger partial charge in [0.15, 0.2) is 0 Å². The van der Waals surface area contributed by atoms with Crippen molar-refractivity contribution < 1.29 is 13.3 Å². The molecule has 1 N–H and O–H groups in total. The lowest BCUT2D eigenvalue weighted by Crippen LogP contribution is -2.08. The van der Waals surface area contributed by atoms with Crippen molar-refractivity contribution in [1.29, 1.82) is 0 Å². The number of nitro benzene ring substituents is 1. The summed E-state index contributed by atoms with van der Waals surface area (Å²) in [6.45, 7) is 3.12. The van der Waals surface area contributed by atoms with Gasteiger partial charge in [0.2, 0.25) is 0 Å². The van der Waals surface area contributed by atoms with Crippen LogP contribution in [0.2, 0.25) is 0 Å². The zero-order chi connectivity index (χ0) is 11.5. The first-order valence-corrected chi connectivity index (χ1v) is 5.39. The summed E-state index contributed by atoms with van der Waals surface area (Å²) in [4.78, 5) is 9.74. The number of sulfonamides is 1. The Kier molecular flexibility index (Phi) is 3.05. The minimum atomic E-state index is -3.56. The number of nitrogens with one attached hydrogen (secondary N) is 1. The van der Waals surface area contributed by atoms with Crippen LogP contribution in [0.5, 0.6) is 0 Å². The molecule has 80 valence electrons. The normalized spacial score (nSPS) is 10.7. The van der Waals surface area contributed by atoms with Crippen molar-refractivity contribution in [2.45, 2.75) is 0 Å². The van der Waals surface area contributed by atoms with E-state index in [0.717, 1.165) is 5.41 Å². The molecule has 0 aromatic heterocycles. The molecule has 0 spiro atoms. The third-order valence-electron chi connectivity index (χ3n) is 1.56. The molecule has 0 radical (unpaired) electrons. The summed E-state index contributed by atoms with van der Waals surface area (Å²) in [5.41, 5.74) is 0.150. The van der Waals surface area contributed by atoms with Crippen LogP contribution in [0, 0.1) is 10.1 Å². The van der Waals surface area contributed by atoms with Crippen molar-refractivity contribution in [2.24, 2.45) is 0 Å². The van der Waals surface area contributed by atoms with Crippen LogP contribution in [0.3, 0.4) is 0 Å². The molecule has 0 aliphatic carbocycles. The summed E-state index contributed by atoms with van der Waals surface area (Å²) in [6, 6.07) is 5.03. The summed E-state index contributed by atoms with van der Waals surface area (Å²) >= 11 is 0. The number of nitrogens with zero attached hydrogens (tertiary/aromatic N) is 1. The molecule has 0 heterocycles. The van der Waals surface area contributed by atoms with Gasteiger partial charge in [-0.15, -0.1) is 0 Å². The Balaban J connectivity index is 2.91. The van der Waals surface area contributed by atoms with Gasteiger partial charge in [-0.2, -0.15) is 0 Å². The molecule has 15 heavy (non-hydrogen) atoms. The second-order valence-electron chi connectivity index (χ2n) is 2.62. The fraction of sp³-hybridized carbons (Fsp3) is 0. The first kappa shape index (κ1) is 11.2. The third-order valence-corrected chi connectivity index (χ3v) is 2.52. The van der Waals surface area contributed by atoms with E-state index in [4.69, 9.17) is 0 Å². The molecule has 0 unspecified atom stereocenters. The van der Waals surface area contributed by atoms with E-state index in [2.05, 4.69) is 11.3 Å². The highest BCUT2D eigenvalue weighted by Crippen LogP contribution is 2.16. The van der Waals surface area contributed by atoms with Gasteiger partial charge in [-0.25, -0.2) is 8.42 Å². The maximum absolute atomic E-state index is 11.0. The molecule has 0 saturated heterocycles. The first-order chi connectivity index (χ1) is 6.94. The molecule has 1 aromatic carbocycles. The average Bonchev–Trinajstić information content (AvgIpc) is 2.18. The Morgan fingerprint density at radius 1 is 1.33 bits per heavy atom. The van der Waals surface area contributed by atoms with Crippen molar-refractivity contribution >= 4 is 21.4 Å². The Bertz CT molecular complexity index is 478. The lowest BCUT2D eigenvalue weighted by atomic mass is 10.3. The second kappa shape index (κ2) is 4.09. The van der Waals surface area contributed by atoms with E-state index in [0.29, 0.717) is 0 Å². The number of rotatable bonds is 4. The van der Waals surface area contributed by atoms with E-state index in [1.165, 1.54) is 24.3 Å². The molecule has 7 heteroatoms. The maximum Gasteiger partial charge on any atom is 0.269 e. The topological polar surface area (TPSA) is 89.3 Å². The summed E-state index contributed by atoms with van der Waals surface area (Å²) < 4.78 is 24.2. The van der Waals surface area contributed by atoms with Crippen LogP contribution >= 0.6 is 0 Å². The molecule has 0 fully saturated rings. The Morgan fingerprint density at radius 2 is 1.87 bits per heavy atom. The highest BCUT2D eigenvalue weighted by Gasteiger charge is 2.07. The highest BCUT2D eigenvalue weighted by atomic mass is 32.2. The van der Waals surface area contributed by atoms with Gasteiger partial charge in [-0.3, -0.25) is 14.8 Å². The number of benzene rings is 1. The fourth-order valence-corrected chi connectivity index (χ4v) is 1.41. The van der Waals surface area contributed by atoms with Crippen molar-refractivity contribution in [3.8, 4) is 0 Å². The molecule has 6 nitrogen and oxygen atoms in total. The van der Waals surface area contributed by atoms with Gasteiger partial charge in [0.25, 0.3) is 15.7 Å². The summed E-state index contributed by atoms with van der Waals surface area (Å²) in [5.74, 6) is 0. The Labute approximate surface area is 86.4 Å². The zero-order valence-corrected chi connectivity index (χ0v) is 8.40. The lowest BCUT2D eigenvalue weighted by molar-refractivity contribution is -0.384. The van der Waals surface area contributed by atoms with Gasteiger partial charge in [-0.1, -0.05) is 6.58 Å². The largest absolute Gasteiger partial charge is 0.280 e. The summed E-state index contributed by atoms with van der Waals surface area (Å²) in [7, 11) is -3.56. The SMILES string of the molecule is C=CS(=O)(=O)Nc1ccc([N+](=O)[O-])cc1. The van der Waals surface area contributed by atoms with Crippen LogP contribution in [0.15, 0.2) is 36.3 Å². The van der Waals surface area contributed by atoms with Crippen molar-refractivity contribution in [2.75, 3.05) is 4.72 Å². The van der Waals surface area contributed by atoms with E-state index in [1.807, 2.05) is 0 Å². The van der Waals surface area contributed by atoms with Gasteiger partial charge in [0, 0.05) is 23.2 Å². The zero-order valence-electron chi connectivity index (χ0n) is 7.58. The Hall–Kier alpha value is -1.89. The molecular formula is C8H8N2O4S. The van der Waals surface area contributed by atoms with Gasteiger partial charge in [0.1, 0.15) is 0 Å². The van der Waals surface area contributed by atoms with Gasteiger partial charge < -0.3 is 0 Å². The smallest absolute Gasteiger partial charge is 0.269 e. The minimum absolute atomic E-state index is 0.100. The van der Waals surface area contributed by atoms with Crippen LogP contribution < -0.4 is 4.72 Å². The van der Waals surface area contributed by atoms with E-state index in [9.17, 15) is 18.5 Å². The molecule has 0 saturated carbocycles. The number of hydrogen-bond donors (Lipinski definition) is 1. The second-order valence-corrected chi connectivity index (χ2v) is 4.25. The maximum atomic E-state index is 11.0. The van der Waals surface area contributed by atoms with Crippen molar-refractivity contribution in [3.63, 3.8) is 0 Å². The van der Waals surface area contributed by atoms with Crippen LogP contribution in [-0.2, 0) is 10.0 Å². The van der Waals surface area contributed by atoms with Gasteiger partial charge in [-0.05, 0) is 12.1 Å².